The van der Waals surface area contributed by atoms with E-state index >= 15 is 0 Å². The van der Waals surface area contributed by atoms with Gasteiger partial charge in [-0.3, -0.25) is 4.79 Å². The Balaban J connectivity index is 1.97. The van der Waals surface area contributed by atoms with Crippen molar-refractivity contribution in [1.82, 2.24) is 9.80 Å². The fourth-order valence-corrected chi connectivity index (χ4v) is 4.60. The first-order valence-electron chi connectivity index (χ1n) is 7.53. The van der Waals surface area contributed by atoms with Crippen LogP contribution in [0.4, 0.5) is 0 Å². The minimum atomic E-state index is -1.12. The number of thiophene rings is 1. The largest absolute Gasteiger partial charge is 0.477 e. The molecule has 3 rings (SSSR count). The van der Waals surface area contributed by atoms with Gasteiger partial charge in [-0.15, -0.1) is 11.3 Å². The molecule has 24 heavy (non-hydrogen) atoms. The van der Waals surface area contributed by atoms with E-state index in [1.54, 1.807) is 6.92 Å². The summed E-state index contributed by atoms with van der Waals surface area (Å²) in [4.78, 5) is 29.4. The maximum atomic E-state index is 12.2. The SMILES string of the molecule is C[C@@H](O)C1C(=O)N2C(C(=O)O)=C(c3ccc(C(=S)N(C)C)s3)CC12. The number of amides is 1. The molecule has 2 aliphatic heterocycles. The lowest BCUT2D eigenvalue weighted by Gasteiger charge is -2.44. The molecule has 0 aromatic carbocycles. The van der Waals surface area contributed by atoms with E-state index < -0.39 is 18.0 Å². The van der Waals surface area contributed by atoms with Gasteiger partial charge in [0.25, 0.3) is 0 Å². The number of carboxylic acids is 1. The summed E-state index contributed by atoms with van der Waals surface area (Å²) in [5.74, 6) is -1.96. The average Bonchev–Trinajstić information content (AvgIpc) is 3.07. The van der Waals surface area contributed by atoms with Crippen molar-refractivity contribution in [2.75, 3.05) is 14.1 Å². The third-order valence-corrected chi connectivity index (χ3v) is 6.32. The summed E-state index contributed by atoms with van der Waals surface area (Å²) < 4.78 is 0. The lowest BCUT2D eigenvalue weighted by Crippen LogP contribution is -2.61. The van der Waals surface area contributed by atoms with Crippen molar-refractivity contribution in [2.45, 2.75) is 25.5 Å². The Bertz CT molecular complexity index is 766. The van der Waals surface area contributed by atoms with Crippen LogP contribution in [0.5, 0.6) is 0 Å². The first-order chi connectivity index (χ1) is 11.2. The van der Waals surface area contributed by atoms with Crippen LogP contribution in [-0.2, 0) is 9.59 Å². The predicted octanol–water partition coefficient (Wildman–Crippen LogP) is 1.39. The second kappa shape index (κ2) is 5.94. The first kappa shape index (κ1) is 17.1. The van der Waals surface area contributed by atoms with Crippen molar-refractivity contribution in [3.8, 4) is 0 Å². The van der Waals surface area contributed by atoms with E-state index in [0.29, 0.717) is 17.0 Å². The molecule has 0 aliphatic carbocycles. The summed E-state index contributed by atoms with van der Waals surface area (Å²) in [6, 6.07) is 3.45. The number of nitrogens with zero attached hydrogens (tertiary/aromatic N) is 2. The highest BCUT2D eigenvalue weighted by atomic mass is 32.1. The molecule has 3 heterocycles. The fourth-order valence-electron chi connectivity index (χ4n) is 3.33. The lowest BCUT2D eigenvalue weighted by molar-refractivity contribution is -0.161. The van der Waals surface area contributed by atoms with E-state index in [2.05, 4.69) is 0 Å². The highest BCUT2D eigenvalue weighted by molar-refractivity contribution is 7.81. The number of thiocarbonyl (C=S) groups is 1. The van der Waals surface area contributed by atoms with E-state index in [0.717, 1.165) is 9.75 Å². The van der Waals surface area contributed by atoms with Gasteiger partial charge in [0.2, 0.25) is 5.91 Å². The van der Waals surface area contributed by atoms with Crippen molar-refractivity contribution < 1.29 is 19.8 Å². The van der Waals surface area contributed by atoms with Gasteiger partial charge in [-0.2, -0.15) is 0 Å². The molecule has 0 spiro atoms. The minimum absolute atomic E-state index is 0.0334. The Hall–Kier alpha value is -1.77. The molecule has 1 saturated heterocycles. The number of aliphatic carboxylic acids is 1. The van der Waals surface area contributed by atoms with E-state index in [1.807, 2.05) is 31.1 Å². The van der Waals surface area contributed by atoms with Gasteiger partial charge in [-0.05, 0) is 25.5 Å². The number of aliphatic hydroxyl groups excluding tert-OH is 1. The fraction of sp³-hybridized carbons (Fsp3) is 0.438. The van der Waals surface area contributed by atoms with E-state index in [-0.39, 0.29) is 17.6 Å². The number of fused-ring (bicyclic) bond motifs is 1. The molecule has 0 radical (unpaired) electrons. The smallest absolute Gasteiger partial charge is 0.352 e. The molecule has 1 aromatic rings. The molecule has 3 atom stereocenters. The highest BCUT2D eigenvalue weighted by Gasteiger charge is 2.56. The van der Waals surface area contributed by atoms with Gasteiger partial charge in [-0.1, -0.05) is 12.2 Å². The Kier molecular flexibility index (Phi) is 4.23. The van der Waals surface area contributed by atoms with Gasteiger partial charge in [0, 0.05) is 24.5 Å². The Morgan fingerprint density at radius 2 is 2.12 bits per heavy atom. The van der Waals surface area contributed by atoms with Gasteiger partial charge in [0.1, 0.15) is 10.7 Å². The normalized spacial score (nSPS) is 23.8. The summed E-state index contributed by atoms with van der Waals surface area (Å²) >= 11 is 6.78. The molecular formula is C16H18N2O4S2. The predicted molar refractivity (Wildman–Crippen MR) is 94.7 cm³/mol. The first-order valence-corrected chi connectivity index (χ1v) is 8.76. The number of carboxylic acid groups (broad SMARTS) is 1. The minimum Gasteiger partial charge on any atom is -0.477 e. The number of carbonyl (C=O) groups excluding carboxylic acids is 1. The van der Waals surface area contributed by atoms with Crippen LogP contribution in [0, 0.1) is 5.92 Å². The van der Waals surface area contributed by atoms with Crippen LogP contribution >= 0.6 is 23.6 Å². The Morgan fingerprint density at radius 3 is 2.67 bits per heavy atom. The lowest BCUT2D eigenvalue weighted by atomic mass is 9.83. The second-order valence-corrected chi connectivity index (χ2v) is 7.71. The number of aliphatic hydroxyl groups is 1. The maximum absolute atomic E-state index is 12.2. The van der Waals surface area contributed by atoms with Crippen LogP contribution in [0.25, 0.3) is 5.57 Å². The van der Waals surface area contributed by atoms with Crippen LogP contribution in [0.1, 0.15) is 23.1 Å². The van der Waals surface area contributed by atoms with Gasteiger partial charge in [0.15, 0.2) is 0 Å². The quantitative estimate of drug-likeness (QED) is 0.619. The number of rotatable bonds is 4. The Labute approximate surface area is 149 Å². The number of β-lactam (4-membered cyclic amide) rings is 1. The maximum Gasteiger partial charge on any atom is 0.352 e. The van der Waals surface area contributed by atoms with Gasteiger partial charge in [0.05, 0.1) is 22.9 Å². The molecule has 1 aromatic heterocycles. The molecule has 1 amide bonds. The highest BCUT2D eigenvalue weighted by Crippen LogP contribution is 2.48. The summed E-state index contributed by atoms with van der Waals surface area (Å²) in [6.07, 6.45) is -0.342. The molecule has 0 saturated carbocycles. The van der Waals surface area contributed by atoms with E-state index in [1.165, 1.54) is 16.2 Å². The topological polar surface area (TPSA) is 81.1 Å². The van der Waals surface area contributed by atoms with Gasteiger partial charge >= 0.3 is 5.97 Å². The van der Waals surface area contributed by atoms with E-state index in [4.69, 9.17) is 12.2 Å². The molecule has 1 fully saturated rings. The summed E-state index contributed by atoms with van der Waals surface area (Å²) in [5.41, 5.74) is 0.674. The molecule has 2 N–H and O–H groups in total. The summed E-state index contributed by atoms with van der Waals surface area (Å²) in [7, 11) is 3.72. The molecule has 0 bridgehead atoms. The summed E-state index contributed by atoms with van der Waals surface area (Å²) in [5, 5.41) is 19.3. The third-order valence-electron chi connectivity index (χ3n) is 4.45. The molecule has 6 nitrogen and oxygen atoms in total. The zero-order valence-electron chi connectivity index (χ0n) is 13.5. The number of carbonyl (C=O) groups is 2. The van der Waals surface area contributed by atoms with Crippen LogP contribution in [0.2, 0.25) is 0 Å². The van der Waals surface area contributed by atoms with Crippen molar-refractivity contribution in [2.24, 2.45) is 5.92 Å². The van der Waals surface area contributed by atoms with Crippen LogP contribution in [0.3, 0.4) is 0 Å². The van der Waals surface area contributed by atoms with Crippen molar-refractivity contribution >= 4 is 46.0 Å². The van der Waals surface area contributed by atoms with Crippen molar-refractivity contribution in [1.29, 1.82) is 0 Å². The van der Waals surface area contributed by atoms with Crippen LogP contribution in [-0.4, -0.2) is 63.1 Å². The van der Waals surface area contributed by atoms with Crippen molar-refractivity contribution in [3.05, 3.63) is 27.6 Å². The number of hydrogen-bond donors (Lipinski definition) is 2. The standard InChI is InChI=1S/C16H18N2O4S2/c1-7(19)12-9-6-8(13(16(21)22)18(9)14(12)20)10-4-5-11(24-10)15(23)17(2)3/h4-5,7,9,12,19H,6H2,1-3H3,(H,21,22)/t7-,9?,12?/m1/s1. The molecule has 128 valence electrons. The zero-order valence-corrected chi connectivity index (χ0v) is 15.1. The second-order valence-electron chi connectivity index (χ2n) is 6.24. The zero-order chi connectivity index (χ0) is 17.8. The molecule has 2 aliphatic rings. The molecule has 2 unspecified atom stereocenters. The number of hydrogen-bond acceptors (Lipinski definition) is 5. The third kappa shape index (κ3) is 2.45. The monoisotopic (exact) mass is 366 g/mol. The van der Waals surface area contributed by atoms with Gasteiger partial charge in [-0.25, -0.2) is 4.79 Å². The molecular weight excluding hydrogens is 348 g/mol. The van der Waals surface area contributed by atoms with Crippen LogP contribution in [0.15, 0.2) is 17.8 Å². The van der Waals surface area contributed by atoms with E-state index in [9.17, 15) is 19.8 Å². The average molecular weight is 366 g/mol. The van der Waals surface area contributed by atoms with Crippen molar-refractivity contribution in [3.63, 3.8) is 0 Å². The molecule has 8 heteroatoms. The summed E-state index contributed by atoms with van der Waals surface area (Å²) in [6.45, 7) is 1.57. The van der Waals surface area contributed by atoms with Gasteiger partial charge < -0.3 is 20.0 Å². The van der Waals surface area contributed by atoms with Crippen LogP contribution < -0.4 is 0 Å². The Morgan fingerprint density at radius 1 is 1.46 bits per heavy atom.